The molecule has 0 aliphatic heterocycles. The van der Waals surface area contributed by atoms with E-state index in [1.54, 1.807) is 12.1 Å². The molecule has 2 aromatic rings. The average Bonchev–Trinajstić information content (AvgIpc) is 3.36. The second-order valence-corrected chi connectivity index (χ2v) is 8.51. The molecule has 4 rings (SSSR count). The topological polar surface area (TPSA) is 107 Å². The highest BCUT2D eigenvalue weighted by molar-refractivity contribution is 7.16. The largest absolute Gasteiger partial charge is 0.352 e. The molecule has 0 radical (unpaired) electrons. The van der Waals surface area contributed by atoms with E-state index < -0.39 is 0 Å². The number of hydrogen-bond acceptors (Lipinski definition) is 8. The third-order valence-corrected chi connectivity index (χ3v) is 6.80. The molecule has 0 fully saturated rings. The molecule has 0 aromatic carbocycles. The van der Waals surface area contributed by atoms with Crippen LogP contribution in [0.2, 0.25) is 0 Å². The molecule has 0 amide bonds. The SMILES string of the molecule is [C-]#[N+]C(C#N)=Nc1nc2c(s1)C1C=C(C)c3nc(N=C(C#N)[N+]#[C-])sc3C1C=C2C. The number of amidine groups is 2. The first kappa shape index (κ1) is 19.4. The second-order valence-electron chi connectivity index (χ2n) is 6.49. The maximum absolute atomic E-state index is 8.98. The molecule has 10 heteroatoms. The lowest BCUT2D eigenvalue weighted by Gasteiger charge is -2.30. The standard InChI is InChI=1S/C20H10N8S2/c1-9-5-11-12(17-15(9)27-19(29-17)25-13(7-21)23-3)6-10(2)16-18(11)30-20(28-16)26-14(8-22)24-4/h5-6,11-12H,1-2H3. The summed E-state index contributed by atoms with van der Waals surface area (Å²) in [6, 6.07) is 3.54. The number of rotatable bonds is 2. The molecule has 2 unspecified atom stereocenters. The number of thiazole rings is 2. The zero-order valence-electron chi connectivity index (χ0n) is 15.7. The zero-order chi connectivity index (χ0) is 21.4. The summed E-state index contributed by atoms with van der Waals surface area (Å²) in [6.07, 6.45) is 4.27. The van der Waals surface area contributed by atoms with Gasteiger partial charge in [-0.05, 0) is 25.0 Å². The quantitative estimate of drug-likeness (QED) is 0.371. The number of aromatic nitrogens is 2. The number of nitriles is 2. The van der Waals surface area contributed by atoms with Crippen LogP contribution in [-0.2, 0) is 0 Å². The number of nitrogens with zero attached hydrogens (tertiary/aromatic N) is 8. The van der Waals surface area contributed by atoms with Crippen molar-refractivity contribution in [2.45, 2.75) is 25.7 Å². The van der Waals surface area contributed by atoms with Gasteiger partial charge in [0.2, 0.25) is 0 Å². The van der Waals surface area contributed by atoms with Crippen LogP contribution < -0.4 is 0 Å². The molecule has 0 bridgehead atoms. The Balaban J connectivity index is 1.81. The van der Waals surface area contributed by atoms with Crippen LogP contribution in [0.25, 0.3) is 20.8 Å². The normalized spacial score (nSPS) is 19.7. The lowest BCUT2D eigenvalue weighted by atomic mass is 9.77. The van der Waals surface area contributed by atoms with Crippen molar-refractivity contribution in [3.05, 3.63) is 56.1 Å². The van der Waals surface area contributed by atoms with Crippen LogP contribution in [0.1, 0.15) is 46.8 Å². The van der Waals surface area contributed by atoms with Gasteiger partial charge in [0.1, 0.15) is 12.1 Å². The van der Waals surface area contributed by atoms with E-state index in [-0.39, 0.29) is 23.5 Å². The number of fused-ring (bicyclic) bond motifs is 5. The van der Waals surface area contributed by atoms with Gasteiger partial charge < -0.3 is 9.69 Å². The van der Waals surface area contributed by atoms with Crippen molar-refractivity contribution in [3.63, 3.8) is 0 Å². The van der Waals surface area contributed by atoms with Crippen LogP contribution in [0.15, 0.2) is 22.1 Å². The third-order valence-electron chi connectivity index (χ3n) is 4.70. The monoisotopic (exact) mass is 426 g/mol. The van der Waals surface area contributed by atoms with Crippen molar-refractivity contribution in [1.29, 1.82) is 10.5 Å². The van der Waals surface area contributed by atoms with E-state index in [2.05, 4.69) is 41.8 Å². The Bertz CT molecular complexity index is 1230. The fourth-order valence-corrected chi connectivity index (χ4v) is 5.71. The van der Waals surface area contributed by atoms with E-state index in [1.807, 2.05) is 13.8 Å². The number of allylic oxidation sites excluding steroid dienone is 4. The highest BCUT2D eigenvalue weighted by Gasteiger charge is 2.38. The molecular weight excluding hydrogens is 416 g/mol. The first-order chi connectivity index (χ1) is 14.5. The van der Waals surface area contributed by atoms with Crippen molar-refractivity contribution in [2.75, 3.05) is 0 Å². The van der Waals surface area contributed by atoms with Crippen LogP contribution in [-0.4, -0.2) is 21.6 Å². The van der Waals surface area contributed by atoms with Gasteiger partial charge in [-0.1, -0.05) is 58.0 Å². The van der Waals surface area contributed by atoms with Gasteiger partial charge in [-0.25, -0.2) is 10.5 Å². The Morgan fingerprint density at radius 2 is 1.30 bits per heavy atom. The van der Waals surface area contributed by atoms with Crippen molar-refractivity contribution in [2.24, 2.45) is 9.98 Å². The van der Waals surface area contributed by atoms with Crippen molar-refractivity contribution in [1.82, 2.24) is 9.97 Å². The summed E-state index contributed by atoms with van der Waals surface area (Å²) in [4.78, 5) is 25.5. The molecule has 2 atom stereocenters. The Morgan fingerprint density at radius 1 is 0.900 bits per heavy atom. The van der Waals surface area contributed by atoms with E-state index in [4.69, 9.17) is 23.7 Å². The van der Waals surface area contributed by atoms with E-state index in [0.717, 1.165) is 32.3 Å². The maximum Gasteiger partial charge on any atom is 0.352 e. The Hall–Kier alpha value is -3.96. The molecule has 2 aromatic heterocycles. The van der Waals surface area contributed by atoms with E-state index in [9.17, 15) is 0 Å². The minimum absolute atomic E-state index is 0.0321. The first-order valence-corrected chi connectivity index (χ1v) is 10.2. The van der Waals surface area contributed by atoms with Gasteiger partial charge in [-0.3, -0.25) is 0 Å². The summed E-state index contributed by atoms with van der Waals surface area (Å²) in [7, 11) is 0. The summed E-state index contributed by atoms with van der Waals surface area (Å²) in [5.41, 5.74) is 3.64. The fourth-order valence-electron chi connectivity index (χ4n) is 3.47. The Labute approximate surface area is 180 Å². The number of hydrogen-bond donors (Lipinski definition) is 0. The van der Waals surface area contributed by atoms with E-state index >= 15 is 0 Å². The molecule has 2 heterocycles. The molecule has 2 aliphatic rings. The Kier molecular flexibility index (Phi) is 4.82. The van der Waals surface area contributed by atoms with Crippen LogP contribution in [0.5, 0.6) is 0 Å². The summed E-state index contributed by atoms with van der Waals surface area (Å²) in [6.45, 7) is 18.0. The molecule has 2 aliphatic carbocycles. The van der Waals surface area contributed by atoms with Gasteiger partial charge in [-0.15, -0.1) is 0 Å². The molecule has 0 saturated carbocycles. The molecule has 142 valence electrons. The van der Waals surface area contributed by atoms with E-state index in [0.29, 0.717) is 10.3 Å². The predicted octanol–water partition coefficient (Wildman–Crippen LogP) is 5.25. The molecule has 8 nitrogen and oxygen atoms in total. The molecule has 0 saturated heterocycles. The van der Waals surface area contributed by atoms with Gasteiger partial charge in [0, 0.05) is 21.6 Å². The molecule has 0 spiro atoms. The van der Waals surface area contributed by atoms with Gasteiger partial charge in [-0.2, -0.15) is 9.97 Å². The second kappa shape index (κ2) is 7.46. The highest BCUT2D eigenvalue weighted by atomic mass is 32.1. The first-order valence-electron chi connectivity index (χ1n) is 8.60. The lowest BCUT2D eigenvalue weighted by molar-refractivity contribution is 0.733. The molecular formula is C20H10N8S2. The summed E-state index contributed by atoms with van der Waals surface area (Å²) < 4.78 is 0. The predicted molar refractivity (Wildman–Crippen MR) is 116 cm³/mol. The van der Waals surface area contributed by atoms with Crippen LogP contribution in [0.4, 0.5) is 10.3 Å². The number of aliphatic imine (C=N–C) groups is 2. The minimum atomic E-state index is -0.241. The third kappa shape index (κ3) is 3.11. The van der Waals surface area contributed by atoms with Gasteiger partial charge in [0.15, 0.2) is 0 Å². The zero-order valence-corrected chi connectivity index (χ0v) is 17.3. The van der Waals surface area contributed by atoms with Crippen LogP contribution in [0, 0.1) is 35.8 Å². The summed E-state index contributed by atoms with van der Waals surface area (Å²) >= 11 is 2.76. The van der Waals surface area contributed by atoms with Gasteiger partial charge in [0.05, 0.1) is 11.4 Å². The lowest BCUT2D eigenvalue weighted by Crippen LogP contribution is -2.16. The maximum atomic E-state index is 8.98. The van der Waals surface area contributed by atoms with Crippen molar-refractivity contribution in [3.8, 4) is 12.1 Å². The molecule has 0 N–H and O–H groups in total. The fraction of sp³-hybridized carbons (Fsp3) is 0.200. The highest BCUT2D eigenvalue weighted by Crippen LogP contribution is 2.54. The average molecular weight is 426 g/mol. The van der Waals surface area contributed by atoms with Crippen LogP contribution >= 0.6 is 22.7 Å². The van der Waals surface area contributed by atoms with Crippen LogP contribution in [0.3, 0.4) is 0 Å². The Morgan fingerprint density at radius 3 is 1.63 bits per heavy atom. The molecule has 30 heavy (non-hydrogen) atoms. The summed E-state index contributed by atoms with van der Waals surface area (Å²) in [5.74, 6) is -0.417. The van der Waals surface area contributed by atoms with E-state index in [1.165, 1.54) is 22.7 Å². The van der Waals surface area contributed by atoms with Gasteiger partial charge >= 0.3 is 21.9 Å². The van der Waals surface area contributed by atoms with Crippen molar-refractivity contribution >= 4 is 55.8 Å². The van der Waals surface area contributed by atoms with Gasteiger partial charge in [0.25, 0.3) is 0 Å². The minimum Gasteiger partial charge on any atom is -0.351 e. The van der Waals surface area contributed by atoms with Crippen molar-refractivity contribution < 1.29 is 0 Å². The summed E-state index contributed by atoms with van der Waals surface area (Å²) in [5, 5.41) is 18.7. The smallest absolute Gasteiger partial charge is 0.351 e.